The second kappa shape index (κ2) is 7.97. The minimum atomic E-state index is 0. The Hall–Kier alpha value is -0.334. The summed E-state index contributed by atoms with van der Waals surface area (Å²) in [7, 11) is 0. The Balaban J connectivity index is 0.00000176. The molecule has 0 atom stereocenters. The van der Waals surface area contributed by atoms with Crippen molar-refractivity contribution in [2.24, 2.45) is 0 Å². The molecule has 0 saturated heterocycles. The second-order valence-corrected chi connectivity index (χ2v) is 5.67. The molecule has 3 aromatic rings. The van der Waals surface area contributed by atoms with Gasteiger partial charge in [-0.2, -0.15) is 4.90 Å². The Kier molecular flexibility index (Phi) is 6.53. The van der Waals surface area contributed by atoms with Crippen LogP contribution in [0.3, 0.4) is 0 Å². The van der Waals surface area contributed by atoms with Crippen LogP contribution >= 0.6 is 11.6 Å². The molecule has 1 aromatic carbocycles. The largest absolute Gasteiger partial charge is 1.00 e. The van der Waals surface area contributed by atoms with E-state index >= 15 is 0 Å². The normalized spacial score (nSPS) is 10.1. The summed E-state index contributed by atoms with van der Waals surface area (Å²) in [6, 6.07) is 13.7. The summed E-state index contributed by atoms with van der Waals surface area (Å²) in [5.41, 5.74) is 4.82. The van der Waals surface area contributed by atoms with Crippen LogP contribution in [0, 0.1) is 6.92 Å². The smallest absolute Gasteiger partial charge is 0.780 e. The summed E-state index contributed by atoms with van der Waals surface area (Å²) in [5.74, 6) is 0. The van der Waals surface area contributed by atoms with Gasteiger partial charge in [0.05, 0.1) is 10.7 Å². The van der Waals surface area contributed by atoms with Gasteiger partial charge in [-0.1, -0.05) is 35.9 Å². The number of rotatable bonds is 2. The fraction of sp³-hybridized carbons (Fsp3) is 0.0588. The molecule has 3 rings (SSSR count). The van der Waals surface area contributed by atoms with Crippen molar-refractivity contribution in [3.05, 3.63) is 65.6 Å². The zero-order valence-electron chi connectivity index (χ0n) is 12.4. The van der Waals surface area contributed by atoms with Gasteiger partial charge >= 0.3 is 51.4 Å². The van der Waals surface area contributed by atoms with Crippen LogP contribution < -0.4 is 51.4 Å². The Bertz CT molecular complexity index is 774. The third-order valence-electron chi connectivity index (χ3n) is 3.20. The van der Waals surface area contributed by atoms with Crippen molar-refractivity contribution in [1.82, 2.24) is 9.97 Å². The molecule has 2 heterocycles. The second-order valence-electron chi connectivity index (χ2n) is 4.76. The third kappa shape index (κ3) is 4.14. The number of hydrogen-bond donors (Lipinski definition) is 0. The molecule has 5 heteroatoms. The van der Waals surface area contributed by atoms with Crippen molar-refractivity contribution in [3.8, 4) is 22.4 Å². The fourth-order valence-electron chi connectivity index (χ4n) is 2.13. The molecule has 0 spiro atoms. The molecule has 0 N–H and O–H groups in total. The minimum Gasteiger partial charge on any atom is -0.780 e. The van der Waals surface area contributed by atoms with Crippen LogP contribution in [0.1, 0.15) is 5.69 Å². The molecule has 104 valence electrons. The Labute approximate surface area is 183 Å². The van der Waals surface area contributed by atoms with Gasteiger partial charge in [-0.15, -0.1) is 0 Å². The third-order valence-corrected chi connectivity index (χ3v) is 3.68. The number of aryl methyl sites for hydroxylation is 1. The van der Waals surface area contributed by atoms with E-state index in [2.05, 4.69) is 9.97 Å². The van der Waals surface area contributed by atoms with Crippen molar-refractivity contribution in [1.29, 1.82) is 0 Å². The van der Waals surface area contributed by atoms with Gasteiger partial charge in [0.25, 0.3) is 0 Å². The Morgan fingerprint density at radius 3 is 2.23 bits per heavy atom. The average molecular weight is 351 g/mol. The van der Waals surface area contributed by atoms with Crippen molar-refractivity contribution in [3.63, 3.8) is 0 Å². The molecule has 0 bridgehead atoms. The quantitative estimate of drug-likeness (QED) is 0.519. The van der Waals surface area contributed by atoms with Crippen molar-refractivity contribution < 1.29 is 51.4 Å². The monoisotopic (exact) mass is 350 g/mol. The zero-order valence-corrected chi connectivity index (χ0v) is 17.1. The summed E-state index contributed by atoms with van der Waals surface area (Å²) >= 11 is 11.2. The van der Waals surface area contributed by atoms with Gasteiger partial charge in [0.15, 0.2) is 0 Å². The maximum atomic E-state index is 6.11. The SMILES string of the molecule is Cc1ccc(-c2ncc(Cl)cc2-c2ccc([S-])cc2)cn1.[K+]. The first kappa shape index (κ1) is 18.0. The van der Waals surface area contributed by atoms with Crippen LogP contribution in [0.5, 0.6) is 0 Å². The van der Waals surface area contributed by atoms with Crippen LogP contribution in [0.25, 0.3) is 22.4 Å². The van der Waals surface area contributed by atoms with E-state index in [1.807, 2.05) is 55.6 Å². The summed E-state index contributed by atoms with van der Waals surface area (Å²) in [6.45, 7) is 1.96. The van der Waals surface area contributed by atoms with Gasteiger partial charge in [-0.3, -0.25) is 9.97 Å². The van der Waals surface area contributed by atoms with E-state index in [0.29, 0.717) is 5.02 Å². The number of aromatic nitrogens is 2. The van der Waals surface area contributed by atoms with Crippen LogP contribution in [0.15, 0.2) is 59.8 Å². The number of benzene rings is 1. The van der Waals surface area contributed by atoms with Gasteiger partial charge < -0.3 is 12.6 Å². The summed E-state index contributed by atoms with van der Waals surface area (Å²) in [5, 5.41) is 0.608. The van der Waals surface area contributed by atoms with Crippen LogP contribution in [-0.2, 0) is 12.6 Å². The standard InChI is InChI=1S/C17H13ClN2S.K/c1-11-2-3-13(9-19-11)17-16(8-14(18)10-20-17)12-4-6-15(21)7-5-12;/h2-10,21H,1H3;/q;+1/p-1. The zero-order chi connectivity index (χ0) is 14.8. The van der Waals surface area contributed by atoms with E-state index in [0.717, 1.165) is 33.0 Å². The van der Waals surface area contributed by atoms with Gasteiger partial charge in [-0.05, 0) is 30.7 Å². The van der Waals surface area contributed by atoms with Crippen molar-refractivity contribution in [2.75, 3.05) is 0 Å². The molecule has 0 aliphatic rings. The van der Waals surface area contributed by atoms with E-state index < -0.39 is 0 Å². The number of pyridine rings is 2. The summed E-state index contributed by atoms with van der Waals surface area (Å²) in [6.07, 6.45) is 3.48. The predicted molar refractivity (Wildman–Crippen MR) is 88.3 cm³/mol. The molecular formula is C17H12ClKN2S. The molecule has 2 nitrogen and oxygen atoms in total. The maximum absolute atomic E-state index is 6.11. The number of nitrogens with zero attached hydrogens (tertiary/aromatic N) is 2. The fourth-order valence-corrected chi connectivity index (χ4v) is 2.43. The van der Waals surface area contributed by atoms with E-state index in [9.17, 15) is 0 Å². The minimum absolute atomic E-state index is 0. The summed E-state index contributed by atoms with van der Waals surface area (Å²) < 4.78 is 0. The predicted octanol–water partition coefficient (Wildman–Crippen LogP) is 1.68. The van der Waals surface area contributed by atoms with Crippen LogP contribution in [-0.4, -0.2) is 9.97 Å². The number of halogens is 1. The molecule has 0 aliphatic carbocycles. The first-order valence-corrected chi connectivity index (χ1v) is 7.28. The molecule has 0 fully saturated rings. The maximum Gasteiger partial charge on any atom is 1.00 e. The molecule has 0 aliphatic heterocycles. The Morgan fingerprint density at radius 1 is 0.909 bits per heavy atom. The first-order chi connectivity index (χ1) is 10.1. The summed E-state index contributed by atoms with van der Waals surface area (Å²) in [4.78, 5) is 9.63. The van der Waals surface area contributed by atoms with Gasteiger partial charge in [0.1, 0.15) is 0 Å². The van der Waals surface area contributed by atoms with E-state index in [4.69, 9.17) is 24.2 Å². The molecule has 0 amide bonds. The average Bonchev–Trinajstić information content (AvgIpc) is 2.49. The molecule has 22 heavy (non-hydrogen) atoms. The van der Waals surface area contributed by atoms with E-state index in [1.165, 1.54) is 0 Å². The van der Waals surface area contributed by atoms with Crippen molar-refractivity contribution in [2.45, 2.75) is 11.8 Å². The van der Waals surface area contributed by atoms with E-state index in [-0.39, 0.29) is 51.4 Å². The van der Waals surface area contributed by atoms with Crippen molar-refractivity contribution >= 4 is 24.2 Å². The van der Waals surface area contributed by atoms with Gasteiger partial charge in [0, 0.05) is 29.2 Å². The molecular weight excluding hydrogens is 339 g/mol. The number of hydrogen-bond acceptors (Lipinski definition) is 3. The Morgan fingerprint density at radius 2 is 1.59 bits per heavy atom. The molecule has 0 unspecified atom stereocenters. The molecule has 2 aromatic heterocycles. The van der Waals surface area contributed by atoms with Crippen LogP contribution in [0.2, 0.25) is 5.02 Å². The first-order valence-electron chi connectivity index (χ1n) is 6.49. The van der Waals surface area contributed by atoms with Gasteiger partial charge in [-0.25, -0.2) is 0 Å². The topological polar surface area (TPSA) is 25.8 Å². The van der Waals surface area contributed by atoms with Crippen LogP contribution in [0.4, 0.5) is 0 Å². The van der Waals surface area contributed by atoms with E-state index in [1.54, 1.807) is 6.20 Å². The molecule has 0 radical (unpaired) electrons. The van der Waals surface area contributed by atoms with Gasteiger partial charge in [0.2, 0.25) is 0 Å². The molecule has 0 saturated carbocycles.